The first-order valence-electron chi connectivity index (χ1n) is 23.9. The highest BCUT2D eigenvalue weighted by atomic mass is 16.5. The molecule has 0 rings (SSSR count). The minimum atomic E-state index is -0.796. The normalized spacial score (nSPS) is 13.7. The number of hydrogen-bond donors (Lipinski definition) is 3. The first-order chi connectivity index (χ1) is 27.5. The second kappa shape index (κ2) is 43.9. The van der Waals surface area contributed by atoms with Gasteiger partial charge in [0, 0.05) is 6.42 Å². The van der Waals surface area contributed by atoms with Gasteiger partial charge in [-0.05, 0) is 77.0 Å². The van der Waals surface area contributed by atoms with Crippen molar-refractivity contribution < 1.29 is 24.5 Å². The molecule has 3 atom stereocenters. The molecule has 0 radical (unpaired) electrons. The van der Waals surface area contributed by atoms with Crippen molar-refractivity contribution >= 4 is 11.9 Å². The largest absolute Gasteiger partial charge is 0.462 e. The number of aliphatic hydroxyl groups excluding tert-OH is 2. The summed E-state index contributed by atoms with van der Waals surface area (Å²) < 4.78 is 5.88. The molecule has 0 fully saturated rings. The molecule has 0 aliphatic carbocycles. The fourth-order valence-electron chi connectivity index (χ4n) is 7.03. The van der Waals surface area contributed by atoms with Crippen LogP contribution in [0.4, 0.5) is 0 Å². The van der Waals surface area contributed by atoms with Crippen LogP contribution in [0.5, 0.6) is 0 Å². The number of rotatable bonds is 42. The maximum absolute atomic E-state index is 13.1. The highest BCUT2D eigenvalue weighted by Gasteiger charge is 2.24. The summed E-state index contributed by atoms with van der Waals surface area (Å²) in [6, 6.07) is -0.712. The zero-order valence-corrected chi connectivity index (χ0v) is 37.0. The number of unbranched alkanes of at least 4 members (excludes halogenated alkanes) is 22. The average molecular weight is 786 g/mol. The minimum absolute atomic E-state index is 0.0477. The quantitative estimate of drug-likeness (QED) is 0.0325. The van der Waals surface area contributed by atoms with E-state index in [0.29, 0.717) is 19.3 Å². The Morgan fingerprint density at radius 3 is 1.52 bits per heavy atom. The Balaban J connectivity index is 4.65. The van der Waals surface area contributed by atoms with Crippen LogP contribution in [-0.4, -0.2) is 46.9 Å². The lowest BCUT2D eigenvalue weighted by Crippen LogP contribution is -2.46. The molecule has 1 amide bonds. The third kappa shape index (κ3) is 38.7. The number of carbonyl (C=O) groups excluding carboxylic acids is 2. The minimum Gasteiger partial charge on any atom is -0.462 e. The van der Waals surface area contributed by atoms with Gasteiger partial charge in [-0.25, -0.2) is 0 Å². The molecule has 0 heterocycles. The topological polar surface area (TPSA) is 95.9 Å². The second-order valence-electron chi connectivity index (χ2n) is 16.1. The van der Waals surface area contributed by atoms with Crippen LogP contribution in [0.2, 0.25) is 0 Å². The summed E-state index contributed by atoms with van der Waals surface area (Å²) in [4.78, 5) is 26.0. The van der Waals surface area contributed by atoms with Crippen molar-refractivity contribution in [2.75, 3.05) is 6.61 Å². The van der Waals surface area contributed by atoms with Crippen LogP contribution >= 0.6 is 0 Å². The number of nitrogens with one attached hydrogen (secondary N) is 1. The van der Waals surface area contributed by atoms with E-state index in [1.165, 1.54) is 96.3 Å². The lowest BCUT2D eigenvalue weighted by molar-refractivity contribution is -0.151. The summed E-state index contributed by atoms with van der Waals surface area (Å²) >= 11 is 0. The number of esters is 1. The number of aliphatic hydroxyl groups is 2. The predicted octanol–water partition coefficient (Wildman–Crippen LogP) is 13.9. The van der Waals surface area contributed by atoms with Crippen LogP contribution in [-0.2, 0) is 14.3 Å². The fourth-order valence-corrected chi connectivity index (χ4v) is 7.03. The van der Waals surface area contributed by atoms with Gasteiger partial charge in [0.1, 0.15) is 6.10 Å². The van der Waals surface area contributed by atoms with Crippen LogP contribution in [0.15, 0.2) is 48.6 Å². The summed E-state index contributed by atoms with van der Waals surface area (Å²) in [5, 5.41) is 23.6. The van der Waals surface area contributed by atoms with Crippen LogP contribution in [0.1, 0.15) is 233 Å². The fraction of sp³-hybridized carbons (Fsp3) is 0.800. The van der Waals surface area contributed by atoms with Gasteiger partial charge < -0.3 is 20.3 Å². The molecule has 326 valence electrons. The zero-order valence-electron chi connectivity index (χ0n) is 37.0. The molecule has 0 saturated heterocycles. The van der Waals surface area contributed by atoms with E-state index in [2.05, 4.69) is 74.7 Å². The van der Waals surface area contributed by atoms with Crippen molar-refractivity contribution in [1.29, 1.82) is 0 Å². The van der Waals surface area contributed by atoms with Crippen LogP contribution in [0, 0.1) is 0 Å². The molecule has 0 spiro atoms. The van der Waals surface area contributed by atoms with E-state index in [-0.39, 0.29) is 24.9 Å². The SMILES string of the molecule is CC/C=C/C/C=C/C/C=C/CCCCCCC(=O)OC(CCC/C=C\CCCCCCCCC)CC(=O)NC(CO)C(O)CCCCCCCCCCCCC. The molecule has 6 heteroatoms. The molecule has 56 heavy (non-hydrogen) atoms. The summed E-state index contributed by atoms with van der Waals surface area (Å²) in [7, 11) is 0. The third-order valence-corrected chi connectivity index (χ3v) is 10.6. The van der Waals surface area contributed by atoms with Gasteiger partial charge in [0.2, 0.25) is 5.91 Å². The van der Waals surface area contributed by atoms with Gasteiger partial charge >= 0.3 is 5.97 Å². The number of hydrogen-bond acceptors (Lipinski definition) is 5. The summed E-state index contributed by atoms with van der Waals surface area (Å²) in [6.45, 7) is 6.34. The molecule has 0 aliphatic heterocycles. The standard InChI is InChI=1S/C50H91NO5/c1-4-7-10-13-16-19-22-24-25-28-31-34-37-40-43-50(55)56-46(41-38-35-32-29-27-23-20-17-14-11-8-5-2)44-49(54)51-47(45-52)48(53)42-39-36-33-30-26-21-18-15-12-9-6-3/h7,10,16,19,24-25,29,32,46-48,52-53H,4-6,8-9,11-15,17-18,20-23,26-28,30-31,33-45H2,1-3H3,(H,51,54)/b10-7+,19-16+,25-24+,32-29-. The Morgan fingerprint density at radius 1 is 0.536 bits per heavy atom. The summed E-state index contributed by atoms with van der Waals surface area (Å²) in [5.41, 5.74) is 0. The average Bonchev–Trinajstić information content (AvgIpc) is 3.19. The van der Waals surface area contributed by atoms with E-state index < -0.39 is 18.2 Å². The molecular weight excluding hydrogens is 695 g/mol. The van der Waals surface area contributed by atoms with Gasteiger partial charge in [-0.1, -0.05) is 191 Å². The van der Waals surface area contributed by atoms with Gasteiger partial charge in [0.05, 0.1) is 25.2 Å². The van der Waals surface area contributed by atoms with Crippen molar-refractivity contribution in [3.05, 3.63) is 48.6 Å². The van der Waals surface area contributed by atoms with Gasteiger partial charge in [-0.2, -0.15) is 0 Å². The van der Waals surface area contributed by atoms with Crippen LogP contribution in [0.3, 0.4) is 0 Å². The van der Waals surface area contributed by atoms with Crippen molar-refractivity contribution in [3.8, 4) is 0 Å². The molecule has 0 aromatic heterocycles. The van der Waals surface area contributed by atoms with Crippen molar-refractivity contribution in [3.63, 3.8) is 0 Å². The van der Waals surface area contributed by atoms with Gasteiger partial charge in [0.25, 0.3) is 0 Å². The van der Waals surface area contributed by atoms with E-state index in [1.807, 2.05) is 0 Å². The van der Waals surface area contributed by atoms with E-state index in [9.17, 15) is 19.8 Å². The molecule has 0 aromatic rings. The van der Waals surface area contributed by atoms with Gasteiger partial charge in [-0.3, -0.25) is 9.59 Å². The van der Waals surface area contributed by atoms with Crippen LogP contribution in [0.25, 0.3) is 0 Å². The van der Waals surface area contributed by atoms with Crippen molar-refractivity contribution in [2.24, 2.45) is 0 Å². The van der Waals surface area contributed by atoms with Crippen molar-refractivity contribution in [1.82, 2.24) is 5.32 Å². The molecule has 3 N–H and O–H groups in total. The Hall–Kier alpha value is -2.18. The van der Waals surface area contributed by atoms with E-state index in [0.717, 1.165) is 89.9 Å². The van der Waals surface area contributed by atoms with E-state index in [1.54, 1.807) is 0 Å². The molecule has 0 aliphatic rings. The lowest BCUT2D eigenvalue weighted by Gasteiger charge is -2.24. The molecular formula is C50H91NO5. The first kappa shape index (κ1) is 53.8. The number of ether oxygens (including phenoxy) is 1. The highest BCUT2D eigenvalue weighted by Crippen LogP contribution is 2.16. The Bertz CT molecular complexity index is 972. The summed E-state index contributed by atoms with van der Waals surface area (Å²) in [5.74, 6) is -0.529. The number of amides is 1. The number of allylic oxidation sites excluding steroid dienone is 8. The van der Waals surface area contributed by atoms with Gasteiger partial charge in [0.15, 0.2) is 0 Å². The van der Waals surface area contributed by atoms with Gasteiger partial charge in [-0.15, -0.1) is 0 Å². The summed E-state index contributed by atoms with van der Waals surface area (Å²) in [6.07, 6.45) is 51.7. The number of carbonyl (C=O) groups is 2. The van der Waals surface area contributed by atoms with E-state index in [4.69, 9.17) is 4.74 Å². The maximum atomic E-state index is 13.1. The Labute approximate surface area is 346 Å². The second-order valence-corrected chi connectivity index (χ2v) is 16.1. The van der Waals surface area contributed by atoms with E-state index >= 15 is 0 Å². The molecule has 3 unspecified atom stereocenters. The zero-order chi connectivity index (χ0) is 41.0. The Morgan fingerprint density at radius 2 is 0.982 bits per heavy atom. The first-order valence-corrected chi connectivity index (χ1v) is 23.9. The maximum Gasteiger partial charge on any atom is 0.306 e. The van der Waals surface area contributed by atoms with Crippen LogP contribution < -0.4 is 5.32 Å². The molecule has 6 nitrogen and oxygen atoms in total. The molecule has 0 aromatic carbocycles. The highest BCUT2D eigenvalue weighted by molar-refractivity contribution is 5.77. The Kier molecular flexibility index (Phi) is 42.2. The lowest BCUT2D eigenvalue weighted by atomic mass is 10.0. The molecule has 0 bridgehead atoms. The predicted molar refractivity (Wildman–Crippen MR) is 241 cm³/mol. The molecule has 0 saturated carbocycles. The third-order valence-electron chi connectivity index (χ3n) is 10.6. The van der Waals surface area contributed by atoms with Crippen molar-refractivity contribution in [2.45, 2.75) is 251 Å². The monoisotopic (exact) mass is 786 g/mol. The smallest absolute Gasteiger partial charge is 0.306 e.